The van der Waals surface area contributed by atoms with E-state index in [1.807, 2.05) is 0 Å². The van der Waals surface area contributed by atoms with Gasteiger partial charge < -0.3 is 29.5 Å². The van der Waals surface area contributed by atoms with E-state index in [0.717, 1.165) is 0 Å². The van der Waals surface area contributed by atoms with Crippen LogP contribution in [0.15, 0.2) is 0 Å². The Morgan fingerprint density at radius 2 is 1.79 bits per heavy atom. The lowest BCUT2D eigenvalue weighted by Gasteiger charge is -2.43. The summed E-state index contributed by atoms with van der Waals surface area (Å²) >= 11 is 0. The van der Waals surface area contributed by atoms with Crippen molar-refractivity contribution >= 4 is 0 Å². The number of fused-ring (bicyclic) bond motifs is 1. The molecule has 3 N–H and O–H groups in total. The molecule has 0 saturated carbocycles. The van der Waals surface area contributed by atoms with Crippen molar-refractivity contribution in [2.75, 3.05) is 19.8 Å². The van der Waals surface area contributed by atoms with Gasteiger partial charge in [0.25, 0.3) is 0 Å². The molecule has 5 unspecified atom stereocenters. The van der Waals surface area contributed by atoms with Gasteiger partial charge in [0.1, 0.15) is 24.4 Å². The minimum absolute atomic E-state index is 0.356. The van der Waals surface area contributed by atoms with Gasteiger partial charge in [0, 0.05) is 0 Å². The van der Waals surface area contributed by atoms with Crippen molar-refractivity contribution < 1.29 is 29.5 Å². The highest BCUT2D eigenvalue weighted by atomic mass is 16.7. The van der Waals surface area contributed by atoms with Crippen LogP contribution in [0.4, 0.5) is 0 Å². The van der Waals surface area contributed by atoms with E-state index in [1.54, 1.807) is 0 Å². The number of hydrogen-bond donors (Lipinski definition) is 3. The minimum atomic E-state index is -1.14. The maximum atomic E-state index is 9.63. The lowest BCUT2D eigenvalue weighted by atomic mass is 9.99. The summed E-state index contributed by atoms with van der Waals surface area (Å²) in [7, 11) is 0. The topological polar surface area (TPSA) is 88.4 Å². The van der Waals surface area contributed by atoms with Crippen LogP contribution in [0.2, 0.25) is 0 Å². The maximum Gasteiger partial charge on any atom is 0.187 e. The number of aliphatic hydroxyl groups is 3. The van der Waals surface area contributed by atoms with Gasteiger partial charge in [-0.25, -0.2) is 0 Å². The van der Waals surface area contributed by atoms with Gasteiger partial charge in [-0.15, -0.1) is 0 Å². The molecule has 0 aromatic carbocycles. The molecule has 5 atom stereocenters. The number of ether oxygens (including phenoxy) is 3. The average Bonchev–Trinajstić information content (AvgIpc) is 2.23. The Morgan fingerprint density at radius 3 is 2.50 bits per heavy atom. The van der Waals surface area contributed by atoms with Crippen LogP contribution in [0.1, 0.15) is 0 Å². The summed E-state index contributed by atoms with van der Waals surface area (Å²) in [6.45, 7) is 0.408. The van der Waals surface area contributed by atoms with Crippen LogP contribution in [0.5, 0.6) is 0 Å². The normalized spacial score (nSPS) is 48.6. The molecule has 14 heavy (non-hydrogen) atoms. The molecular weight excluding hydrogens is 192 g/mol. The summed E-state index contributed by atoms with van der Waals surface area (Å²) in [6.07, 6.45) is -4.39. The van der Waals surface area contributed by atoms with Crippen molar-refractivity contribution in [1.29, 1.82) is 0 Å². The second-order valence-corrected chi connectivity index (χ2v) is 3.41. The van der Waals surface area contributed by atoms with Gasteiger partial charge in [-0.2, -0.15) is 0 Å². The molecule has 2 heterocycles. The van der Waals surface area contributed by atoms with Crippen molar-refractivity contribution in [2.24, 2.45) is 0 Å². The second-order valence-electron chi connectivity index (χ2n) is 3.41. The summed E-state index contributed by atoms with van der Waals surface area (Å²) in [5.41, 5.74) is 0. The zero-order valence-electron chi connectivity index (χ0n) is 7.57. The van der Waals surface area contributed by atoms with E-state index >= 15 is 0 Å². The quantitative estimate of drug-likeness (QED) is 0.453. The molecule has 2 saturated heterocycles. The predicted molar refractivity (Wildman–Crippen MR) is 43.5 cm³/mol. The third-order valence-electron chi connectivity index (χ3n) is 2.50. The fourth-order valence-electron chi connectivity index (χ4n) is 1.72. The minimum Gasteiger partial charge on any atom is -0.394 e. The lowest BCUT2D eigenvalue weighted by molar-refractivity contribution is -0.334. The number of hydrogen-bond acceptors (Lipinski definition) is 6. The summed E-state index contributed by atoms with van der Waals surface area (Å²) in [5.74, 6) is 0. The van der Waals surface area contributed by atoms with Crippen LogP contribution in [0.3, 0.4) is 0 Å². The summed E-state index contributed by atoms with van der Waals surface area (Å²) in [6, 6.07) is 0. The fourth-order valence-corrected chi connectivity index (χ4v) is 1.72. The molecule has 0 radical (unpaired) electrons. The van der Waals surface area contributed by atoms with Crippen LogP contribution in [0, 0.1) is 0 Å². The van der Waals surface area contributed by atoms with Gasteiger partial charge in [-0.1, -0.05) is 0 Å². The van der Waals surface area contributed by atoms with Crippen LogP contribution in [0.25, 0.3) is 0 Å². The summed E-state index contributed by atoms with van der Waals surface area (Å²) in [4.78, 5) is 0. The number of aliphatic hydroxyl groups excluding tert-OH is 3. The highest BCUT2D eigenvalue weighted by Gasteiger charge is 2.46. The molecular formula is C8H14O6. The summed E-state index contributed by atoms with van der Waals surface area (Å²) in [5, 5.41) is 28.0. The van der Waals surface area contributed by atoms with E-state index < -0.39 is 30.7 Å². The molecule has 0 aliphatic carbocycles. The first-order valence-corrected chi connectivity index (χ1v) is 4.59. The zero-order valence-corrected chi connectivity index (χ0v) is 7.57. The Hall–Kier alpha value is -0.240. The van der Waals surface area contributed by atoms with Crippen molar-refractivity contribution in [3.63, 3.8) is 0 Å². The van der Waals surface area contributed by atoms with E-state index in [9.17, 15) is 10.2 Å². The molecule has 2 aliphatic heterocycles. The Kier molecular flexibility index (Phi) is 3.01. The predicted octanol–water partition coefficient (Wildman–Crippen LogP) is -2.16. The molecule has 0 bridgehead atoms. The molecule has 6 nitrogen and oxygen atoms in total. The first-order valence-electron chi connectivity index (χ1n) is 4.59. The molecule has 2 rings (SSSR count). The zero-order chi connectivity index (χ0) is 10.1. The van der Waals surface area contributed by atoms with Crippen molar-refractivity contribution in [2.45, 2.75) is 30.7 Å². The van der Waals surface area contributed by atoms with Crippen LogP contribution >= 0.6 is 0 Å². The third kappa shape index (κ3) is 1.65. The van der Waals surface area contributed by atoms with Gasteiger partial charge in [-0.3, -0.25) is 0 Å². The fraction of sp³-hybridized carbons (Fsp3) is 1.00. The molecule has 2 aliphatic rings. The second kappa shape index (κ2) is 4.09. The van der Waals surface area contributed by atoms with Gasteiger partial charge in [0.15, 0.2) is 6.29 Å². The monoisotopic (exact) mass is 206 g/mol. The van der Waals surface area contributed by atoms with Crippen molar-refractivity contribution in [1.82, 2.24) is 0 Å². The maximum absolute atomic E-state index is 9.63. The summed E-state index contributed by atoms with van der Waals surface area (Å²) < 4.78 is 15.6. The smallest absolute Gasteiger partial charge is 0.187 e. The first kappa shape index (κ1) is 10.3. The van der Waals surface area contributed by atoms with E-state index in [2.05, 4.69) is 0 Å². The van der Waals surface area contributed by atoms with E-state index in [4.69, 9.17) is 19.3 Å². The van der Waals surface area contributed by atoms with Gasteiger partial charge in [0.05, 0.1) is 19.8 Å². The largest absolute Gasteiger partial charge is 0.394 e. The Morgan fingerprint density at radius 1 is 1.07 bits per heavy atom. The van der Waals surface area contributed by atoms with Gasteiger partial charge in [-0.05, 0) is 0 Å². The van der Waals surface area contributed by atoms with Crippen molar-refractivity contribution in [3.05, 3.63) is 0 Å². The van der Waals surface area contributed by atoms with Crippen LogP contribution < -0.4 is 0 Å². The molecule has 0 aromatic rings. The van der Waals surface area contributed by atoms with Crippen LogP contribution in [-0.4, -0.2) is 65.8 Å². The first-order chi connectivity index (χ1) is 6.74. The van der Waals surface area contributed by atoms with Crippen molar-refractivity contribution in [3.8, 4) is 0 Å². The van der Waals surface area contributed by atoms with E-state index in [-0.39, 0.29) is 6.61 Å². The number of rotatable bonds is 1. The van der Waals surface area contributed by atoms with Gasteiger partial charge >= 0.3 is 0 Å². The van der Waals surface area contributed by atoms with E-state index in [1.165, 1.54) is 0 Å². The molecule has 0 spiro atoms. The van der Waals surface area contributed by atoms with E-state index in [0.29, 0.717) is 13.2 Å². The highest BCUT2D eigenvalue weighted by Crippen LogP contribution is 2.26. The molecule has 82 valence electrons. The Labute approximate surface area is 81.0 Å². The van der Waals surface area contributed by atoms with Crippen LogP contribution in [-0.2, 0) is 14.2 Å². The Bertz CT molecular complexity index is 196. The molecule has 6 heteroatoms. The molecule has 2 fully saturated rings. The Balaban J connectivity index is 2.07. The molecule has 0 aromatic heterocycles. The third-order valence-corrected chi connectivity index (χ3v) is 2.50. The SMILES string of the molecule is OCC1OC2OCCOC2C(O)C1O. The highest BCUT2D eigenvalue weighted by molar-refractivity contribution is 4.90. The average molecular weight is 206 g/mol. The van der Waals surface area contributed by atoms with Gasteiger partial charge in [0.2, 0.25) is 0 Å². The molecule has 0 amide bonds. The lowest BCUT2D eigenvalue weighted by Crippen LogP contribution is -2.61. The standard InChI is InChI=1S/C8H14O6/c9-3-4-5(10)6(11)7-8(14-4)13-2-1-12-7/h4-11H,1-3H2.